The minimum atomic E-state index is -0.191. The zero-order chi connectivity index (χ0) is 24.9. The number of hydrogen-bond donors (Lipinski definition) is 1. The average Bonchev–Trinajstić information content (AvgIpc) is 3.16. The highest BCUT2D eigenvalue weighted by Gasteiger charge is 2.30. The number of likely N-dealkylation sites (tertiary alicyclic amines) is 1. The second kappa shape index (κ2) is 11.2. The number of hydrogen-bond acceptors (Lipinski definition) is 5. The second-order valence-corrected chi connectivity index (χ2v) is 9.85. The van der Waals surface area contributed by atoms with Crippen molar-refractivity contribution in [3.8, 4) is 11.5 Å². The number of ether oxygens (including phenoxy) is 1. The van der Waals surface area contributed by atoms with Gasteiger partial charge in [-0.3, -0.25) is 14.5 Å². The van der Waals surface area contributed by atoms with Crippen LogP contribution in [0.15, 0.2) is 48.7 Å². The minimum Gasteiger partial charge on any atom is -0.504 e. The van der Waals surface area contributed by atoms with Crippen LogP contribution in [0.4, 0.5) is 4.39 Å². The van der Waals surface area contributed by atoms with E-state index in [0.717, 1.165) is 56.7 Å². The molecule has 2 aromatic carbocycles. The molecule has 0 bridgehead atoms. The van der Waals surface area contributed by atoms with Crippen molar-refractivity contribution >= 4 is 0 Å². The highest BCUT2D eigenvalue weighted by atomic mass is 19.1. The van der Waals surface area contributed by atoms with E-state index in [-0.39, 0.29) is 11.6 Å². The van der Waals surface area contributed by atoms with Crippen molar-refractivity contribution < 1.29 is 14.2 Å². The fourth-order valence-electron chi connectivity index (χ4n) is 5.31. The zero-order valence-electron chi connectivity index (χ0n) is 21.2. The van der Waals surface area contributed by atoms with Crippen molar-refractivity contribution in [2.45, 2.75) is 45.3 Å². The molecule has 1 fully saturated rings. The number of nitrogens with zero attached hydrogens (tertiary/aromatic N) is 4. The normalized spacial score (nSPS) is 16.1. The van der Waals surface area contributed by atoms with E-state index < -0.39 is 0 Å². The molecular weight excluding hydrogens is 443 g/mol. The summed E-state index contributed by atoms with van der Waals surface area (Å²) in [6, 6.07) is 12.9. The van der Waals surface area contributed by atoms with Gasteiger partial charge in [0.15, 0.2) is 11.5 Å². The zero-order valence-corrected chi connectivity index (χ0v) is 21.2. The number of likely N-dealkylation sites (N-methyl/N-ethyl adjacent to an activating group) is 1. The molecule has 1 aliphatic heterocycles. The van der Waals surface area contributed by atoms with Crippen LogP contribution in [0.2, 0.25) is 0 Å². The fraction of sp³-hybridized carbons (Fsp3) is 0.464. The van der Waals surface area contributed by atoms with E-state index in [1.54, 1.807) is 25.3 Å². The summed E-state index contributed by atoms with van der Waals surface area (Å²) in [5.41, 5.74) is 4.63. The summed E-state index contributed by atoms with van der Waals surface area (Å²) in [4.78, 5) is 4.93. The number of aromatic hydroxyl groups is 1. The quantitative estimate of drug-likeness (QED) is 0.488. The Morgan fingerprint density at radius 1 is 1.14 bits per heavy atom. The average molecular weight is 481 g/mol. The van der Waals surface area contributed by atoms with Gasteiger partial charge in [0.05, 0.1) is 12.8 Å². The molecule has 0 unspecified atom stereocenters. The van der Waals surface area contributed by atoms with Gasteiger partial charge in [-0.1, -0.05) is 18.2 Å². The third-order valence-electron chi connectivity index (χ3n) is 7.29. The van der Waals surface area contributed by atoms with E-state index in [1.807, 2.05) is 36.0 Å². The van der Waals surface area contributed by atoms with Crippen LogP contribution in [0.25, 0.3) is 0 Å². The van der Waals surface area contributed by atoms with Gasteiger partial charge in [-0.25, -0.2) is 4.39 Å². The molecule has 0 spiro atoms. The molecule has 7 heteroatoms. The Morgan fingerprint density at radius 3 is 2.46 bits per heavy atom. The van der Waals surface area contributed by atoms with Gasteiger partial charge in [0.2, 0.25) is 0 Å². The number of methoxy groups -OCH3 is 1. The first kappa shape index (κ1) is 25.2. The van der Waals surface area contributed by atoms with Gasteiger partial charge in [0.1, 0.15) is 5.82 Å². The highest BCUT2D eigenvalue weighted by molar-refractivity contribution is 5.41. The maximum Gasteiger partial charge on any atom is 0.160 e. The number of rotatable bonds is 9. The summed E-state index contributed by atoms with van der Waals surface area (Å²) in [6.45, 7) is 5.80. The number of aryl methyl sites for hydroxylation is 2. The Balaban J connectivity index is 1.44. The van der Waals surface area contributed by atoms with Crippen LogP contribution in [0.5, 0.6) is 11.5 Å². The first-order valence-electron chi connectivity index (χ1n) is 12.3. The largest absolute Gasteiger partial charge is 0.504 e. The molecular formula is C28H37FN4O2. The predicted molar refractivity (Wildman–Crippen MR) is 136 cm³/mol. The van der Waals surface area contributed by atoms with Gasteiger partial charge in [0, 0.05) is 37.9 Å². The lowest BCUT2D eigenvalue weighted by Crippen LogP contribution is -2.45. The minimum absolute atomic E-state index is 0.172. The van der Waals surface area contributed by atoms with Crippen LogP contribution in [0.1, 0.15) is 35.2 Å². The maximum absolute atomic E-state index is 13.5. The first-order valence-corrected chi connectivity index (χ1v) is 12.3. The smallest absolute Gasteiger partial charge is 0.160 e. The predicted octanol–water partition coefficient (Wildman–Crippen LogP) is 4.54. The molecule has 1 N–H and O–H groups in total. The molecule has 0 aliphatic carbocycles. The molecule has 1 saturated heterocycles. The van der Waals surface area contributed by atoms with Crippen molar-refractivity contribution in [3.05, 3.63) is 76.9 Å². The lowest BCUT2D eigenvalue weighted by Gasteiger charge is -2.40. The Bertz CT molecular complexity index is 1110. The topological polar surface area (TPSA) is 53.8 Å². The molecule has 4 rings (SSSR count). The standard InChI is InChI=1S/C28H37FN4O2/c1-20-24(19-32(3)30-20)18-31(2)26(15-21-5-8-25(29)9-6-21)23-11-13-33(14-12-23)17-22-7-10-27(34)28(16-22)35-4/h5-10,16,19,23,26,34H,11-15,17-18H2,1-4H3/t26-/m1/s1. The van der Waals surface area contributed by atoms with Crippen LogP contribution in [-0.4, -0.2) is 58.0 Å². The summed E-state index contributed by atoms with van der Waals surface area (Å²) in [7, 11) is 5.75. The molecule has 0 amide bonds. The number of phenols is 1. The number of piperidine rings is 1. The van der Waals surface area contributed by atoms with Crippen molar-refractivity contribution in [2.24, 2.45) is 13.0 Å². The lowest BCUT2D eigenvalue weighted by molar-refractivity contribution is 0.0953. The van der Waals surface area contributed by atoms with Crippen LogP contribution >= 0.6 is 0 Å². The molecule has 6 nitrogen and oxygen atoms in total. The van der Waals surface area contributed by atoms with Gasteiger partial charge in [-0.05, 0) is 87.6 Å². The van der Waals surface area contributed by atoms with Crippen molar-refractivity contribution in [3.63, 3.8) is 0 Å². The molecule has 0 saturated carbocycles. The molecule has 1 atom stereocenters. The second-order valence-electron chi connectivity index (χ2n) is 9.85. The molecule has 188 valence electrons. The van der Waals surface area contributed by atoms with E-state index in [2.05, 4.69) is 35.1 Å². The lowest BCUT2D eigenvalue weighted by atomic mass is 9.84. The molecule has 0 radical (unpaired) electrons. The van der Waals surface area contributed by atoms with Crippen molar-refractivity contribution in [1.29, 1.82) is 0 Å². The Kier molecular flexibility index (Phi) is 8.08. The third kappa shape index (κ3) is 6.41. The van der Waals surface area contributed by atoms with Crippen molar-refractivity contribution in [1.82, 2.24) is 19.6 Å². The van der Waals surface area contributed by atoms with Gasteiger partial charge >= 0.3 is 0 Å². The van der Waals surface area contributed by atoms with Crippen LogP contribution < -0.4 is 4.74 Å². The Morgan fingerprint density at radius 2 is 1.83 bits per heavy atom. The maximum atomic E-state index is 13.5. The molecule has 35 heavy (non-hydrogen) atoms. The van der Waals surface area contributed by atoms with Gasteiger partial charge < -0.3 is 9.84 Å². The molecule has 1 aliphatic rings. The number of benzene rings is 2. The summed E-state index contributed by atoms with van der Waals surface area (Å²) in [6.07, 6.45) is 5.22. The molecule has 1 aromatic heterocycles. The fourth-order valence-corrected chi connectivity index (χ4v) is 5.31. The molecule has 3 aromatic rings. The summed E-state index contributed by atoms with van der Waals surface area (Å²) < 4.78 is 20.7. The van der Waals surface area contributed by atoms with Gasteiger partial charge in [0.25, 0.3) is 0 Å². The summed E-state index contributed by atoms with van der Waals surface area (Å²) in [5.74, 6) is 1.05. The van der Waals surface area contributed by atoms with Gasteiger partial charge in [-0.15, -0.1) is 0 Å². The van der Waals surface area contributed by atoms with E-state index >= 15 is 0 Å². The summed E-state index contributed by atoms with van der Waals surface area (Å²) >= 11 is 0. The molecule has 2 heterocycles. The van der Waals surface area contributed by atoms with E-state index in [9.17, 15) is 9.50 Å². The number of halogens is 1. The monoisotopic (exact) mass is 480 g/mol. The van der Waals surface area contributed by atoms with E-state index in [0.29, 0.717) is 17.7 Å². The van der Waals surface area contributed by atoms with Crippen LogP contribution in [-0.2, 0) is 26.6 Å². The van der Waals surface area contributed by atoms with Crippen molar-refractivity contribution in [2.75, 3.05) is 27.2 Å². The first-order chi connectivity index (χ1) is 16.8. The van der Waals surface area contributed by atoms with Crippen LogP contribution in [0.3, 0.4) is 0 Å². The third-order valence-corrected chi connectivity index (χ3v) is 7.29. The SMILES string of the molecule is COc1cc(CN2CCC([C@@H](Cc3ccc(F)cc3)N(C)Cc3cn(C)nc3C)CC2)ccc1O. The number of aromatic nitrogens is 2. The highest BCUT2D eigenvalue weighted by Crippen LogP contribution is 2.30. The summed E-state index contributed by atoms with van der Waals surface area (Å²) in [5, 5.41) is 14.4. The van der Waals surface area contributed by atoms with Gasteiger partial charge in [-0.2, -0.15) is 5.10 Å². The Labute approximate surface area is 207 Å². The van der Waals surface area contributed by atoms with Crippen LogP contribution in [0, 0.1) is 18.7 Å². The van der Waals surface area contributed by atoms with E-state index in [4.69, 9.17) is 4.74 Å². The number of phenolic OH excluding ortho intramolecular Hbond substituents is 1. The van der Waals surface area contributed by atoms with E-state index in [1.165, 1.54) is 11.1 Å². The Hall–Kier alpha value is -2.90.